The van der Waals surface area contributed by atoms with Gasteiger partial charge >= 0.3 is 0 Å². The topological polar surface area (TPSA) is 36.9 Å². The molecule has 0 aromatic heterocycles. The van der Waals surface area contributed by atoms with E-state index in [9.17, 15) is 0 Å². The highest BCUT2D eigenvalue weighted by molar-refractivity contribution is 9.10. The van der Waals surface area contributed by atoms with Crippen molar-refractivity contribution in [2.75, 3.05) is 28.4 Å². The molecule has 0 bridgehead atoms. The number of unbranched alkanes of at least 4 members (excludes halogenated alkanes) is 1. The summed E-state index contributed by atoms with van der Waals surface area (Å²) in [5.41, 5.74) is 2.29. The maximum absolute atomic E-state index is 5.49. The van der Waals surface area contributed by atoms with E-state index in [1.54, 1.807) is 28.4 Å². The Morgan fingerprint density at radius 2 is 0.923 bits per heavy atom. The van der Waals surface area contributed by atoms with Crippen molar-refractivity contribution in [2.45, 2.75) is 25.7 Å². The largest absolute Gasteiger partial charge is 0.496 e. The van der Waals surface area contributed by atoms with Gasteiger partial charge in [-0.3, -0.25) is 0 Å². The van der Waals surface area contributed by atoms with Crippen molar-refractivity contribution >= 4 is 31.9 Å². The molecule has 0 unspecified atom stereocenters. The minimum absolute atomic E-state index is 0.820. The molecule has 0 aliphatic rings. The molecule has 0 N–H and O–H groups in total. The van der Waals surface area contributed by atoms with Crippen LogP contribution in [-0.2, 0) is 12.8 Å². The van der Waals surface area contributed by atoms with Crippen LogP contribution >= 0.6 is 31.9 Å². The number of hydrogen-bond donors (Lipinski definition) is 0. The number of halogens is 2. The Morgan fingerprint density at radius 1 is 0.577 bits per heavy atom. The Kier molecular flexibility index (Phi) is 8.10. The molecule has 0 atom stereocenters. The second-order valence-electron chi connectivity index (χ2n) is 5.80. The number of aryl methyl sites for hydroxylation is 2. The lowest BCUT2D eigenvalue weighted by Crippen LogP contribution is -1.98. The van der Waals surface area contributed by atoms with Crippen molar-refractivity contribution in [3.05, 3.63) is 44.3 Å². The second kappa shape index (κ2) is 10.1. The van der Waals surface area contributed by atoms with Crippen LogP contribution in [0.4, 0.5) is 0 Å². The first-order valence-electron chi connectivity index (χ1n) is 8.34. The third-order valence-corrected chi connectivity index (χ3v) is 5.49. The maximum Gasteiger partial charge on any atom is 0.133 e. The van der Waals surface area contributed by atoms with Crippen LogP contribution in [0.2, 0.25) is 0 Å². The molecule has 2 aromatic carbocycles. The van der Waals surface area contributed by atoms with Gasteiger partial charge in [0, 0.05) is 0 Å². The Morgan fingerprint density at radius 3 is 1.23 bits per heavy atom. The molecule has 0 heterocycles. The van der Waals surface area contributed by atoms with E-state index >= 15 is 0 Å². The molecule has 0 aliphatic heterocycles. The van der Waals surface area contributed by atoms with E-state index in [2.05, 4.69) is 31.9 Å². The molecule has 26 heavy (non-hydrogen) atoms. The third kappa shape index (κ3) is 5.07. The quantitative estimate of drug-likeness (QED) is 0.418. The fourth-order valence-electron chi connectivity index (χ4n) is 2.87. The number of benzene rings is 2. The summed E-state index contributed by atoms with van der Waals surface area (Å²) in [6, 6.07) is 7.98. The molecule has 0 saturated carbocycles. The van der Waals surface area contributed by atoms with Crippen LogP contribution in [0.5, 0.6) is 23.0 Å². The van der Waals surface area contributed by atoms with Crippen LogP contribution in [0.1, 0.15) is 24.0 Å². The average Bonchev–Trinajstić information content (AvgIpc) is 2.66. The normalized spacial score (nSPS) is 10.5. The van der Waals surface area contributed by atoms with Gasteiger partial charge < -0.3 is 18.9 Å². The van der Waals surface area contributed by atoms with Gasteiger partial charge in [-0.15, -0.1) is 0 Å². The summed E-state index contributed by atoms with van der Waals surface area (Å²) in [6.07, 6.45) is 3.90. The van der Waals surface area contributed by atoms with E-state index in [0.717, 1.165) is 68.8 Å². The molecule has 142 valence electrons. The molecule has 0 fully saturated rings. The van der Waals surface area contributed by atoms with E-state index < -0.39 is 0 Å². The second-order valence-corrected chi connectivity index (χ2v) is 7.51. The standard InChI is InChI=1S/C20H24Br2O4/c1-23-17-11-15(21)19(25-3)9-13(17)7-5-6-8-14-10-20(26-4)16(22)12-18(14)24-2/h9-12H,5-8H2,1-4H3. The van der Waals surface area contributed by atoms with Gasteiger partial charge in [0.2, 0.25) is 0 Å². The molecular weight excluding hydrogens is 464 g/mol. The van der Waals surface area contributed by atoms with Gasteiger partial charge in [0.25, 0.3) is 0 Å². The predicted molar refractivity (Wildman–Crippen MR) is 111 cm³/mol. The summed E-state index contributed by atoms with van der Waals surface area (Å²) in [7, 11) is 6.72. The Bertz CT molecular complexity index is 684. The molecular formula is C20H24Br2O4. The van der Waals surface area contributed by atoms with Crippen molar-refractivity contribution in [1.29, 1.82) is 0 Å². The molecule has 2 rings (SSSR count). The summed E-state index contributed by atoms with van der Waals surface area (Å²) in [4.78, 5) is 0. The fourth-order valence-corrected chi connectivity index (χ4v) is 3.84. The first-order chi connectivity index (χ1) is 12.5. The number of hydrogen-bond acceptors (Lipinski definition) is 4. The van der Waals surface area contributed by atoms with Crippen LogP contribution in [0.15, 0.2) is 33.2 Å². The van der Waals surface area contributed by atoms with Crippen molar-refractivity contribution in [3.63, 3.8) is 0 Å². The minimum atomic E-state index is 0.820. The first-order valence-corrected chi connectivity index (χ1v) is 9.93. The van der Waals surface area contributed by atoms with E-state index in [0.29, 0.717) is 0 Å². The maximum atomic E-state index is 5.49. The lowest BCUT2D eigenvalue weighted by Gasteiger charge is -2.14. The Hall–Kier alpha value is -1.40. The minimum Gasteiger partial charge on any atom is -0.496 e. The lowest BCUT2D eigenvalue weighted by atomic mass is 10.0. The zero-order chi connectivity index (χ0) is 19.1. The molecule has 4 nitrogen and oxygen atoms in total. The van der Waals surface area contributed by atoms with Crippen molar-refractivity contribution in [1.82, 2.24) is 0 Å². The summed E-state index contributed by atoms with van der Waals surface area (Å²) in [5.74, 6) is 3.39. The molecule has 0 aliphatic carbocycles. The average molecular weight is 488 g/mol. The molecule has 0 saturated heterocycles. The van der Waals surface area contributed by atoms with E-state index in [1.165, 1.54) is 0 Å². The molecule has 2 aromatic rings. The summed E-state index contributed by atoms with van der Waals surface area (Å²) >= 11 is 6.99. The third-order valence-electron chi connectivity index (χ3n) is 4.25. The monoisotopic (exact) mass is 486 g/mol. The highest BCUT2D eigenvalue weighted by Gasteiger charge is 2.11. The summed E-state index contributed by atoms with van der Waals surface area (Å²) in [5, 5.41) is 0. The first kappa shape index (κ1) is 20.9. The molecule has 0 spiro atoms. The van der Waals surface area contributed by atoms with Gasteiger partial charge in [0.15, 0.2) is 0 Å². The van der Waals surface area contributed by atoms with Gasteiger partial charge in [0.05, 0.1) is 37.4 Å². The van der Waals surface area contributed by atoms with Crippen molar-refractivity contribution in [2.24, 2.45) is 0 Å². The van der Waals surface area contributed by atoms with Crippen LogP contribution in [0.3, 0.4) is 0 Å². The van der Waals surface area contributed by atoms with E-state index in [-0.39, 0.29) is 0 Å². The lowest BCUT2D eigenvalue weighted by molar-refractivity contribution is 0.394. The smallest absolute Gasteiger partial charge is 0.133 e. The molecule has 0 radical (unpaired) electrons. The SMILES string of the molecule is COc1cc(CCCCc2cc(OC)c(Br)cc2OC)c(OC)cc1Br. The predicted octanol–water partition coefficient (Wildman–Crippen LogP) is 5.81. The molecule has 0 amide bonds. The summed E-state index contributed by atoms with van der Waals surface area (Å²) < 4.78 is 23.6. The highest BCUT2D eigenvalue weighted by atomic mass is 79.9. The van der Waals surface area contributed by atoms with Crippen molar-refractivity contribution < 1.29 is 18.9 Å². The van der Waals surface area contributed by atoms with E-state index in [1.807, 2.05) is 24.3 Å². The van der Waals surface area contributed by atoms with Crippen LogP contribution in [-0.4, -0.2) is 28.4 Å². The van der Waals surface area contributed by atoms with Crippen molar-refractivity contribution in [3.8, 4) is 23.0 Å². The molecule has 6 heteroatoms. The van der Waals surface area contributed by atoms with Gasteiger partial charge in [-0.2, -0.15) is 0 Å². The van der Waals surface area contributed by atoms with Gasteiger partial charge in [-0.25, -0.2) is 0 Å². The number of rotatable bonds is 9. The highest BCUT2D eigenvalue weighted by Crippen LogP contribution is 2.35. The zero-order valence-corrected chi connectivity index (χ0v) is 18.7. The fraction of sp³-hybridized carbons (Fsp3) is 0.400. The number of ether oxygens (including phenoxy) is 4. The van der Waals surface area contributed by atoms with Crippen LogP contribution in [0, 0.1) is 0 Å². The van der Waals surface area contributed by atoms with Gasteiger partial charge in [0.1, 0.15) is 23.0 Å². The number of methoxy groups -OCH3 is 4. The van der Waals surface area contributed by atoms with E-state index in [4.69, 9.17) is 18.9 Å². The van der Waals surface area contributed by atoms with Crippen LogP contribution in [0.25, 0.3) is 0 Å². The Balaban J connectivity index is 2.03. The van der Waals surface area contributed by atoms with Gasteiger partial charge in [-0.05, 0) is 92.9 Å². The Labute approximate surface area is 172 Å². The van der Waals surface area contributed by atoms with Gasteiger partial charge in [-0.1, -0.05) is 0 Å². The summed E-state index contributed by atoms with van der Waals surface area (Å²) in [6.45, 7) is 0. The van der Waals surface area contributed by atoms with Crippen LogP contribution < -0.4 is 18.9 Å². The zero-order valence-electron chi connectivity index (χ0n) is 15.5.